The van der Waals surface area contributed by atoms with E-state index in [1.807, 2.05) is 24.3 Å². The smallest absolute Gasteiger partial charge is 0.268 e. The summed E-state index contributed by atoms with van der Waals surface area (Å²) in [6, 6.07) is 9.46. The predicted octanol–water partition coefficient (Wildman–Crippen LogP) is 1.65. The van der Waals surface area contributed by atoms with Crippen LogP contribution in [0.4, 0.5) is 0 Å². The Kier molecular flexibility index (Phi) is 3.17. The van der Waals surface area contributed by atoms with Crippen molar-refractivity contribution in [2.45, 2.75) is 5.92 Å². The summed E-state index contributed by atoms with van der Waals surface area (Å²) in [5, 5.41) is 12.7. The van der Waals surface area contributed by atoms with Crippen molar-refractivity contribution >= 4 is 21.9 Å². The van der Waals surface area contributed by atoms with Crippen LogP contribution in [-0.2, 0) is 14.4 Å². The van der Waals surface area contributed by atoms with Crippen LogP contribution in [0.25, 0.3) is 6.08 Å². The maximum Gasteiger partial charge on any atom is 0.325 e. The summed E-state index contributed by atoms with van der Waals surface area (Å²) >= 11 is 0. The topological polar surface area (TPSA) is 79.5 Å². The Morgan fingerprint density at radius 3 is 2.72 bits per heavy atom. The van der Waals surface area contributed by atoms with Crippen molar-refractivity contribution in [1.82, 2.24) is 0 Å². The summed E-state index contributed by atoms with van der Waals surface area (Å²) in [4.78, 5) is 0. The summed E-state index contributed by atoms with van der Waals surface area (Å²) < 4.78 is 26.1. The molecule has 1 aliphatic rings. The summed E-state index contributed by atoms with van der Waals surface area (Å²) in [5.74, 6) is -0.618. The molecule has 0 fully saturated rings. The van der Waals surface area contributed by atoms with Crippen LogP contribution < -0.4 is 0 Å². The van der Waals surface area contributed by atoms with Crippen molar-refractivity contribution in [2.75, 3.05) is 6.26 Å². The van der Waals surface area contributed by atoms with E-state index in [9.17, 15) is 8.42 Å². The third kappa shape index (κ3) is 2.57. The normalized spacial score (nSPS) is 20.2. The third-order valence-electron chi connectivity index (χ3n) is 2.44. The van der Waals surface area contributed by atoms with Crippen LogP contribution in [0.5, 0.6) is 0 Å². The van der Waals surface area contributed by atoms with Gasteiger partial charge < -0.3 is 0 Å². The van der Waals surface area contributed by atoms with Gasteiger partial charge in [0.15, 0.2) is 0 Å². The Morgan fingerprint density at radius 1 is 1.33 bits per heavy atom. The van der Waals surface area contributed by atoms with Crippen LogP contribution in [0.3, 0.4) is 0 Å². The highest BCUT2D eigenvalue weighted by molar-refractivity contribution is 7.85. The fourth-order valence-corrected chi connectivity index (χ4v) is 1.91. The van der Waals surface area contributed by atoms with Gasteiger partial charge in [0.25, 0.3) is 0 Å². The molecule has 1 aromatic carbocycles. The molecule has 1 aliphatic carbocycles. The van der Waals surface area contributed by atoms with Crippen molar-refractivity contribution in [1.29, 1.82) is 5.26 Å². The lowest BCUT2D eigenvalue weighted by Gasteiger charge is -2.16. The largest absolute Gasteiger partial charge is 0.325 e. The van der Waals surface area contributed by atoms with Crippen LogP contribution >= 0.6 is 0 Å². The van der Waals surface area contributed by atoms with Crippen LogP contribution in [0, 0.1) is 11.3 Å². The fraction of sp³-hybridized carbons (Fsp3) is 0.167. The van der Waals surface area contributed by atoms with Crippen LogP contribution in [0.2, 0.25) is 0 Å². The molecule has 6 heteroatoms. The van der Waals surface area contributed by atoms with Gasteiger partial charge >= 0.3 is 10.1 Å². The standard InChI is InChI=1S/C12H10N2O3S/c1-18(15,16)17-14-12-7-6-9-4-2-3-5-10(9)11(12)8-13/h2-7,11H,1H3. The van der Waals surface area contributed by atoms with Gasteiger partial charge in [-0.2, -0.15) is 13.7 Å². The second-order valence-corrected chi connectivity index (χ2v) is 5.38. The van der Waals surface area contributed by atoms with Crippen molar-refractivity contribution in [3.8, 4) is 6.07 Å². The molecule has 0 saturated heterocycles. The van der Waals surface area contributed by atoms with E-state index in [1.54, 1.807) is 12.2 Å². The molecule has 1 unspecified atom stereocenters. The van der Waals surface area contributed by atoms with Crippen molar-refractivity contribution in [3.05, 3.63) is 41.5 Å². The summed E-state index contributed by atoms with van der Waals surface area (Å²) in [7, 11) is -3.66. The minimum absolute atomic E-state index is 0.279. The molecule has 0 radical (unpaired) electrons. The van der Waals surface area contributed by atoms with Crippen LogP contribution in [-0.4, -0.2) is 20.4 Å². The average Bonchev–Trinajstić information content (AvgIpc) is 2.34. The molecule has 0 N–H and O–H groups in total. The van der Waals surface area contributed by atoms with E-state index < -0.39 is 16.0 Å². The summed E-state index contributed by atoms with van der Waals surface area (Å²) in [6.07, 6.45) is 4.26. The van der Waals surface area contributed by atoms with Crippen LogP contribution in [0.15, 0.2) is 35.5 Å². The van der Waals surface area contributed by atoms with Crippen molar-refractivity contribution in [3.63, 3.8) is 0 Å². The monoisotopic (exact) mass is 262 g/mol. The van der Waals surface area contributed by atoms with E-state index in [-0.39, 0.29) is 5.71 Å². The van der Waals surface area contributed by atoms with Crippen molar-refractivity contribution < 1.29 is 12.7 Å². The lowest BCUT2D eigenvalue weighted by molar-refractivity contribution is 0.342. The molecule has 2 rings (SSSR count). The molecule has 0 aromatic heterocycles. The lowest BCUT2D eigenvalue weighted by atomic mass is 9.87. The van der Waals surface area contributed by atoms with Gasteiger partial charge in [-0.15, -0.1) is 0 Å². The van der Waals surface area contributed by atoms with E-state index in [0.717, 1.165) is 17.4 Å². The number of rotatable bonds is 2. The second kappa shape index (κ2) is 4.63. The first-order valence-electron chi connectivity index (χ1n) is 5.14. The predicted molar refractivity (Wildman–Crippen MR) is 67.2 cm³/mol. The Bertz CT molecular complexity index is 669. The molecule has 1 atom stereocenters. The third-order valence-corrected chi connectivity index (χ3v) is 2.79. The molecular formula is C12H10N2O3S. The highest BCUT2D eigenvalue weighted by Gasteiger charge is 2.23. The van der Waals surface area contributed by atoms with Crippen LogP contribution in [0.1, 0.15) is 17.0 Å². The molecule has 1 aromatic rings. The van der Waals surface area contributed by atoms with E-state index >= 15 is 0 Å². The number of hydrogen-bond acceptors (Lipinski definition) is 5. The average molecular weight is 262 g/mol. The maximum absolute atomic E-state index is 10.9. The van der Waals surface area contributed by atoms with E-state index in [4.69, 9.17) is 5.26 Å². The van der Waals surface area contributed by atoms with Gasteiger partial charge in [0.1, 0.15) is 11.6 Å². The molecule has 18 heavy (non-hydrogen) atoms. The molecule has 0 heterocycles. The summed E-state index contributed by atoms with van der Waals surface area (Å²) in [5.41, 5.74) is 1.99. The fourth-order valence-electron chi connectivity index (χ4n) is 1.69. The van der Waals surface area contributed by atoms with E-state index in [0.29, 0.717) is 0 Å². The van der Waals surface area contributed by atoms with Gasteiger partial charge in [0.2, 0.25) is 0 Å². The van der Waals surface area contributed by atoms with Gasteiger partial charge in [-0.25, -0.2) is 0 Å². The number of nitrogens with zero attached hydrogens (tertiary/aromatic N) is 2. The molecule has 0 aliphatic heterocycles. The van der Waals surface area contributed by atoms with E-state index in [1.165, 1.54) is 0 Å². The van der Waals surface area contributed by atoms with Gasteiger partial charge in [-0.1, -0.05) is 35.5 Å². The number of benzene rings is 1. The Hall–Kier alpha value is -2.13. The Labute approximate surface area is 105 Å². The highest BCUT2D eigenvalue weighted by atomic mass is 32.2. The first-order valence-corrected chi connectivity index (χ1v) is 6.96. The maximum atomic E-state index is 10.9. The quantitative estimate of drug-likeness (QED) is 0.759. The zero-order chi connectivity index (χ0) is 13.2. The van der Waals surface area contributed by atoms with Gasteiger partial charge in [0.05, 0.1) is 12.3 Å². The molecule has 0 spiro atoms. The first-order chi connectivity index (χ1) is 8.51. The molecule has 92 valence electrons. The van der Waals surface area contributed by atoms with Crippen molar-refractivity contribution in [2.24, 2.45) is 5.16 Å². The molecule has 0 amide bonds. The van der Waals surface area contributed by atoms with Gasteiger partial charge in [0, 0.05) is 0 Å². The SMILES string of the molecule is CS(=O)(=O)ON=C1C=Cc2ccccc2C1C#N. The second-order valence-electron chi connectivity index (χ2n) is 3.82. The van der Waals surface area contributed by atoms with E-state index in [2.05, 4.69) is 15.5 Å². The minimum Gasteiger partial charge on any atom is -0.268 e. The minimum atomic E-state index is -3.66. The van der Waals surface area contributed by atoms with Gasteiger partial charge in [-0.3, -0.25) is 4.28 Å². The first kappa shape index (κ1) is 12.3. The zero-order valence-electron chi connectivity index (χ0n) is 9.57. The number of oxime groups is 1. The number of allylic oxidation sites excluding steroid dienone is 1. The number of fused-ring (bicyclic) bond motifs is 1. The molecule has 0 saturated carbocycles. The summed E-state index contributed by atoms with van der Waals surface area (Å²) in [6.45, 7) is 0. The molecule has 0 bridgehead atoms. The Morgan fingerprint density at radius 2 is 2.06 bits per heavy atom. The molecule has 5 nitrogen and oxygen atoms in total. The van der Waals surface area contributed by atoms with Gasteiger partial charge in [-0.05, 0) is 17.2 Å². The number of nitriles is 1. The highest BCUT2D eigenvalue weighted by Crippen LogP contribution is 2.27. The zero-order valence-corrected chi connectivity index (χ0v) is 10.4. The lowest BCUT2D eigenvalue weighted by Crippen LogP contribution is -2.14. The Balaban J connectivity index is 2.41. The number of hydrogen-bond donors (Lipinski definition) is 0. The molecular weight excluding hydrogens is 252 g/mol.